The van der Waals surface area contributed by atoms with E-state index in [0.29, 0.717) is 0 Å². The summed E-state index contributed by atoms with van der Waals surface area (Å²) in [5.74, 6) is -1.08. The van der Waals surface area contributed by atoms with Crippen LogP contribution in [0.25, 0.3) is 0 Å². The van der Waals surface area contributed by atoms with Crippen LogP contribution < -0.4 is 0 Å². The number of carboxylic acid groups (broad SMARTS) is 1. The van der Waals surface area contributed by atoms with E-state index in [9.17, 15) is 0 Å². The van der Waals surface area contributed by atoms with Crippen LogP contribution in [0.15, 0.2) is 0 Å². The Kier molecular flexibility index (Phi) is 35.3. The molecule has 0 aromatic carbocycles. The largest absolute Gasteiger partial charge is 0 e. The van der Waals surface area contributed by atoms with Gasteiger partial charge in [-0.3, -0.25) is 11.7 Å². The molecule has 34 valence electrons. The van der Waals surface area contributed by atoms with E-state index in [-0.39, 0.29) is 19.5 Å². The molecule has 0 atom stereocenters. The molecule has 0 saturated carbocycles. The normalized spacial score (nSPS) is 4.43. The van der Waals surface area contributed by atoms with E-state index < -0.39 is 5.97 Å². The molecule has 1 N–H and O–H groups in total. The van der Waals surface area contributed by atoms with Crippen LogP contribution in [0.5, 0.6) is 0 Å². The monoisotopic (exact) mass is 266 g/mol. The van der Waals surface area contributed by atoms with Gasteiger partial charge in [0.15, 0.2) is 5.97 Å². The van der Waals surface area contributed by atoms with E-state index in [1.807, 2.05) is 0 Å². The first-order chi connectivity index (χ1) is 2.73. The Bertz CT molecular complexity index is 36.7. The third-order valence-corrected chi connectivity index (χ3v) is 0. The summed E-state index contributed by atoms with van der Waals surface area (Å²) in [6.45, 7) is 2.56. The Morgan fingerprint density at radius 1 is 1.71 bits per heavy atom. The van der Waals surface area contributed by atoms with Gasteiger partial charge in [0, 0.05) is 19.5 Å². The number of halogens is 1. The molecular weight excluding hydrogens is 267 g/mol. The van der Waals surface area contributed by atoms with Crippen molar-refractivity contribution < 1.29 is 45.7 Å². The summed E-state index contributed by atoms with van der Waals surface area (Å²) < 4.78 is 0. The van der Waals surface area contributed by atoms with E-state index in [0.717, 1.165) is 0 Å². The second-order valence-electron chi connectivity index (χ2n) is 0.394. The molecule has 0 spiro atoms. The van der Waals surface area contributed by atoms with Crippen molar-refractivity contribution in [2.75, 3.05) is 0 Å². The van der Waals surface area contributed by atoms with Crippen molar-refractivity contribution in [3.8, 4) is 0 Å². The number of carbonyl (C=O) groups is 1. The smallest absolute Gasteiger partial charge is 0 e. The Balaban J connectivity index is -0.0000000480. The van der Waals surface area contributed by atoms with Crippen LogP contribution in [0.1, 0.15) is 0 Å². The fourth-order valence-electron chi connectivity index (χ4n) is 0. The number of hydrogen-bond acceptors (Lipinski definition) is 1. The molecule has 0 aliphatic carbocycles. The zero-order chi connectivity index (χ0) is 5.58. The minimum Gasteiger partial charge on any atom is 0 e. The van der Waals surface area contributed by atoms with Crippen LogP contribution in [-0.4, -0.2) is 11.1 Å². The second kappa shape index (κ2) is 15.7. The Morgan fingerprint density at radius 3 is 1.71 bits per heavy atom. The van der Waals surface area contributed by atoms with Gasteiger partial charge in [-0.25, -0.2) is 0 Å². The molecule has 0 aliphatic heterocycles. The van der Waals surface area contributed by atoms with Crippen LogP contribution in [0.2, 0.25) is 0 Å². The molecule has 5 heteroatoms. The fourth-order valence-corrected chi connectivity index (χ4v) is 0. The zero-order valence-corrected chi connectivity index (χ0v) is 11.4. The van der Waals surface area contributed by atoms with Gasteiger partial charge in [-0.1, -0.05) is 0 Å². The van der Waals surface area contributed by atoms with Gasteiger partial charge in [-0.2, -0.15) is 0 Å². The molecule has 2 nitrogen and oxygen atoms in total. The van der Waals surface area contributed by atoms with Crippen molar-refractivity contribution in [3.63, 3.8) is 0 Å². The summed E-state index contributed by atoms with van der Waals surface area (Å²) in [4.78, 5) is 8.89. The van der Waals surface area contributed by atoms with Crippen molar-refractivity contribution in [2.45, 2.75) is 0 Å². The molecule has 0 aliphatic rings. The predicted octanol–water partition coefficient (Wildman–Crippen LogP) is 0.746. The summed E-state index contributed by atoms with van der Waals surface area (Å²) >= 11 is 4.25. The quantitative estimate of drug-likeness (QED) is 0.520. The standard InChI is InChI=1S/C2H3O2.BrH.2Zn/c1-2(3)4;;;/h1H2,(H,3,4);1H;;/q-1;;;+2/p-1. The third-order valence-electron chi connectivity index (χ3n) is 0. The van der Waals surface area contributed by atoms with Crippen LogP contribution in [0, 0.1) is 6.92 Å². The van der Waals surface area contributed by atoms with Gasteiger partial charge in [-0.15, -0.1) is 0 Å². The predicted molar refractivity (Wildman–Crippen MR) is 21.9 cm³/mol. The second-order valence-corrected chi connectivity index (χ2v) is 0.394. The van der Waals surface area contributed by atoms with Gasteiger partial charge < -0.3 is 5.11 Å². The Labute approximate surface area is 71.8 Å². The average Bonchev–Trinajstić information content (AvgIpc) is 1.41. The Hall–Kier alpha value is 1.07. The molecule has 0 fully saturated rings. The van der Waals surface area contributed by atoms with Gasteiger partial charge in [0.2, 0.25) is 0 Å². The van der Waals surface area contributed by atoms with Crippen LogP contribution in [0.3, 0.4) is 0 Å². The summed E-state index contributed by atoms with van der Waals surface area (Å²) in [5.41, 5.74) is 0. The summed E-state index contributed by atoms with van der Waals surface area (Å²) in [6.07, 6.45) is 0. The molecule has 0 bridgehead atoms. The SMILES string of the molecule is [CH2-]C(=O)O.[Zn+][Br].[Zn]. The molecule has 0 aromatic heterocycles. The molecule has 0 unspecified atom stereocenters. The minimum absolute atomic E-state index is 0. The van der Waals surface area contributed by atoms with Gasteiger partial charge in [0.1, 0.15) is 0 Å². The average molecular weight is 270 g/mol. The molecular formula is C2H3BrO2Zn2. The number of hydrogen-bond donors (Lipinski definition) is 1. The Morgan fingerprint density at radius 2 is 1.71 bits per heavy atom. The maximum atomic E-state index is 8.89. The summed E-state index contributed by atoms with van der Waals surface area (Å²) in [5, 5.41) is 7.31. The first-order valence-electron chi connectivity index (χ1n) is 1.05. The van der Waals surface area contributed by atoms with E-state index in [2.05, 4.69) is 20.5 Å². The van der Waals surface area contributed by atoms with Crippen molar-refractivity contribution in [2.24, 2.45) is 0 Å². The molecule has 0 radical (unpaired) electrons. The van der Waals surface area contributed by atoms with Crippen LogP contribution in [0.4, 0.5) is 0 Å². The van der Waals surface area contributed by atoms with E-state index in [1.54, 1.807) is 0 Å². The maximum Gasteiger partial charge on any atom is 0 e. The van der Waals surface area contributed by atoms with Gasteiger partial charge in [0.05, 0.1) is 0 Å². The molecule has 0 rings (SSSR count). The fraction of sp³-hybridized carbons (Fsp3) is 0. The van der Waals surface area contributed by atoms with Gasteiger partial charge >= 0.3 is 30.0 Å². The zero-order valence-electron chi connectivity index (χ0n) is 3.85. The van der Waals surface area contributed by atoms with Gasteiger partial charge in [0.25, 0.3) is 0 Å². The van der Waals surface area contributed by atoms with Crippen molar-refractivity contribution in [1.29, 1.82) is 0 Å². The van der Waals surface area contributed by atoms with Crippen molar-refractivity contribution in [3.05, 3.63) is 6.92 Å². The number of rotatable bonds is 0. The van der Waals surface area contributed by atoms with Crippen molar-refractivity contribution >= 4 is 19.6 Å². The van der Waals surface area contributed by atoms with E-state index >= 15 is 0 Å². The van der Waals surface area contributed by atoms with Crippen LogP contribution >= 0.6 is 13.6 Å². The third kappa shape index (κ3) is 159. The van der Waals surface area contributed by atoms with Crippen LogP contribution in [-0.2, 0) is 40.6 Å². The topological polar surface area (TPSA) is 37.3 Å². The number of aliphatic carboxylic acids is 1. The van der Waals surface area contributed by atoms with E-state index in [1.165, 1.54) is 16.3 Å². The summed E-state index contributed by atoms with van der Waals surface area (Å²) in [6, 6.07) is 0. The van der Waals surface area contributed by atoms with Crippen molar-refractivity contribution in [1.82, 2.24) is 0 Å². The number of carboxylic acids is 1. The molecule has 0 heterocycles. The molecule has 0 aromatic rings. The first kappa shape index (κ1) is 15.7. The minimum atomic E-state index is -1.08. The summed E-state index contributed by atoms with van der Waals surface area (Å²) in [7, 11) is 0. The molecule has 0 amide bonds. The first-order valence-corrected chi connectivity index (χ1v) is 8.00. The van der Waals surface area contributed by atoms with Gasteiger partial charge in [-0.05, 0) is 0 Å². The molecule has 7 heavy (non-hydrogen) atoms. The van der Waals surface area contributed by atoms with E-state index in [4.69, 9.17) is 9.90 Å². The maximum absolute atomic E-state index is 8.89. The molecule has 0 saturated heterocycles.